The molecule has 0 aliphatic carbocycles. The number of anilines is 1. The normalized spacial score (nSPS) is 10.1. The summed E-state index contributed by atoms with van der Waals surface area (Å²) in [5, 5.41) is 2.49. The fourth-order valence-electron chi connectivity index (χ4n) is 1.26. The number of nitrogens with one attached hydrogen (secondary N) is 1. The number of hydrogen-bond acceptors (Lipinski definition) is 4. The lowest BCUT2D eigenvalue weighted by Crippen LogP contribution is -2.29. The van der Waals surface area contributed by atoms with Gasteiger partial charge in [0.1, 0.15) is 0 Å². The van der Waals surface area contributed by atoms with Gasteiger partial charge in [-0.3, -0.25) is 4.79 Å². The minimum Gasteiger partial charge on any atom is -0.452 e. The molecule has 7 heteroatoms. The maximum absolute atomic E-state index is 13.0. The topological polar surface area (TPSA) is 81.4 Å². The minimum absolute atomic E-state index is 0.252. The maximum atomic E-state index is 13.0. The van der Waals surface area contributed by atoms with Gasteiger partial charge in [-0.15, -0.1) is 0 Å². The first-order valence-corrected chi connectivity index (χ1v) is 5.64. The Kier molecular flexibility index (Phi) is 5.23. The number of amides is 1. The average Bonchev–Trinajstić information content (AvgIpc) is 2.37. The van der Waals surface area contributed by atoms with Gasteiger partial charge >= 0.3 is 5.97 Å². The number of carbonyl (C=O) groups excluding carboxylic acids is 2. The maximum Gasteiger partial charge on any atom is 0.340 e. The van der Waals surface area contributed by atoms with Gasteiger partial charge in [0.15, 0.2) is 18.2 Å². The van der Waals surface area contributed by atoms with Crippen molar-refractivity contribution in [1.29, 1.82) is 0 Å². The summed E-state index contributed by atoms with van der Waals surface area (Å²) < 4.78 is 30.4. The molecular formula is C12H14F2N2O3. The number of esters is 1. The monoisotopic (exact) mass is 272 g/mol. The molecule has 0 aliphatic rings. The summed E-state index contributed by atoms with van der Waals surface area (Å²) in [6, 6.07) is 1.32. The van der Waals surface area contributed by atoms with Crippen molar-refractivity contribution in [1.82, 2.24) is 5.32 Å². The van der Waals surface area contributed by atoms with E-state index in [9.17, 15) is 18.4 Å². The quantitative estimate of drug-likeness (QED) is 0.624. The molecule has 0 saturated carbocycles. The Hall–Kier alpha value is -2.18. The van der Waals surface area contributed by atoms with Gasteiger partial charge in [0.25, 0.3) is 5.91 Å². The Balaban J connectivity index is 2.64. The van der Waals surface area contributed by atoms with Crippen LogP contribution in [-0.2, 0) is 9.53 Å². The molecular weight excluding hydrogens is 258 g/mol. The second kappa shape index (κ2) is 6.67. The van der Waals surface area contributed by atoms with Crippen molar-refractivity contribution in [3.63, 3.8) is 0 Å². The first kappa shape index (κ1) is 14.9. The number of carbonyl (C=O) groups is 2. The zero-order chi connectivity index (χ0) is 14.4. The summed E-state index contributed by atoms with van der Waals surface area (Å²) >= 11 is 0. The first-order chi connectivity index (χ1) is 8.95. The molecule has 0 spiro atoms. The molecule has 0 atom stereocenters. The summed E-state index contributed by atoms with van der Waals surface area (Å²) in [4.78, 5) is 22.7. The van der Waals surface area contributed by atoms with E-state index in [-0.39, 0.29) is 11.3 Å². The lowest BCUT2D eigenvalue weighted by atomic mass is 10.1. The molecule has 1 aromatic rings. The van der Waals surface area contributed by atoms with Crippen molar-refractivity contribution >= 4 is 17.6 Å². The van der Waals surface area contributed by atoms with Gasteiger partial charge < -0.3 is 15.8 Å². The summed E-state index contributed by atoms with van der Waals surface area (Å²) in [7, 11) is 0. The van der Waals surface area contributed by atoms with Gasteiger partial charge in [-0.05, 0) is 12.5 Å². The Labute approximate surface area is 108 Å². The highest BCUT2D eigenvalue weighted by molar-refractivity contribution is 5.96. The van der Waals surface area contributed by atoms with Crippen LogP contribution in [-0.4, -0.2) is 25.0 Å². The molecule has 5 nitrogen and oxygen atoms in total. The van der Waals surface area contributed by atoms with Crippen LogP contribution in [0.3, 0.4) is 0 Å². The van der Waals surface area contributed by atoms with Crippen molar-refractivity contribution in [3.8, 4) is 0 Å². The molecule has 104 valence electrons. The van der Waals surface area contributed by atoms with E-state index in [4.69, 9.17) is 5.73 Å². The SMILES string of the molecule is CCCNC(=O)COC(=O)c1cc(F)c(F)cc1N. The highest BCUT2D eigenvalue weighted by Crippen LogP contribution is 2.17. The Morgan fingerprint density at radius 1 is 1.32 bits per heavy atom. The number of halogens is 2. The van der Waals surface area contributed by atoms with Gasteiger partial charge in [-0.25, -0.2) is 13.6 Å². The highest BCUT2D eigenvalue weighted by atomic mass is 19.2. The lowest BCUT2D eigenvalue weighted by molar-refractivity contribution is -0.124. The van der Waals surface area contributed by atoms with E-state index in [0.717, 1.165) is 6.42 Å². The van der Waals surface area contributed by atoms with Crippen molar-refractivity contribution in [3.05, 3.63) is 29.3 Å². The summed E-state index contributed by atoms with van der Waals surface area (Å²) in [6.07, 6.45) is 0.746. The molecule has 0 saturated heterocycles. The summed E-state index contributed by atoms with van der Waals surface area (Å²) in [5.74, 6) is -3.83. The molecule has 0 bridgehead atoms. The predicted octanol–water partition coefficient (Wildman–Crippen LogP) is 1.23. The predicted molar refractivity (Wildman–Crippen MR) is 64.4 cm³/mol. The first-order valence-electron chi connectivity index (χ1n) is 5.64. The number of ether oxygens (including phenoxy) is 1. The van der Waals surface area contributed by atoms with Crippen molar-refractivity contribution in [2.75, 3.05) is 18.9 Å². The van der Waals surface area contributed by atoms with Gasteiger partial charge in [0.05, 0.1) is 5.56 Å². The van der Waals surface area contributed by atoms with Gasteiger partial charge in [0.2, 0.25) is 0 Å². The lowest BCUT2D eigenvalue weighted by Gasteiger charge is -2.07. The van der Waals surface area contributed by atoms with Crippen molar-refractivity contribution < 1.29 is 23.1 Å². The molecule has 0 aliphatic heterocycles. The van der Waals surface area contributed by atoms with E-state index < -0.39 is 30.1 Å². The molecule has 3 N–H and O–H groups in total. The fraction of sp³-hybridized carbons (Fsp3) is 0.333. The molecule has 0 unspecified atom stereocenters. The minimum atomic E-state index is -1.21. The van der Waals surface area contributed by atoms with Crippen LogP contribution in [0.4, 0.5) is 14.5 Å². The van der Waals surface area contributed by atoms with Gasteiger partial charge in [0, 0.05) is 18.3 Å². The molecule has 1 amide bonds. The third-order valence-corrected chi connectivity index (χ3v) is 2.22. The molecule has 0 fully saturated rings. The van der Waals surface area contributed by atoms with Crippen LogP contribution in [0.1, 0.15) is 23.7 Å². The second-order valence-electron chi connectivity index (χ2n) is 3.78. The molecule has 1 aromatic carbocycles. The number of benzene rings is 1. The van der Waals surface area contributed by atoms with Crippen LogP contribution in [0.15, 0.2) is 12.1 Å². The molecule has 0 heterocycles. The molecule has 19 heavy (non-hydrogen) atoms. The van der Waals surface area contributed by atoms with E-state index >= 15 is 0 Å². The Morgan fingerprint density at radius 2 is 1.95 bits per heavy atom. The van der Waals surface area contributed by atoms with Crippen molar-refractivity contribution in [2.45, 2.75) is 13.3 Å². The van der Waals surface area contributed by atoms with Crippen LogP contribution in [0.2, 0.25) is 0 Å². The van der Waals surface area contributed by atoms with Crippen LogP contribution < -0.4 is 11.1 Å². The van der Waals surface area contributed by atoms with Crippen molar-refractivity contribution in [2.24, 2.45) is 0 Å². The van der Waals surface area contributed by atoms with Crippen LogP contribution in [0, 0.1) is 11.6 Å². The van der Waals surface area contributed by atoms with Gasteiger partial charge in [-0.1, -0.05) is 6.92 Å². The molecule has 0 radical (unpaired) electrons. The number of hydrogen-bond donors (Lipinski definition) is 2. The van der Waals surface area contributed by atoms with Crippen LogP contribution >= 0.6 is 0 Å². The third kappa shape index (κ3) is 4.20. The molecule has 0 aromatic heterocycles. The van der Waals surface area contributed by atoms with E-state index in [0.29, 0.717) is 18.7 Å². The standard InChI is InChI=1S/C12H14F2N2O3/c1-2-3-16-11(17)6-19-12(18)7-4-8(13)9(14)5-10(7)15/h4-5H,2-3,6,15H2,1H3,(H,16,17). The summed E-state index contributed by atoms with van der Waals surface area (Å²) in [5.41, 5.74) is 4.80. The average molecular weight is 272 g/mol. The zero-order valence-electron chi connectivity index (χ0n) is 10.3. The van der Waals surface area contributed by atoms with Gasteiger partial charge in [-0.2, -0.15) is 0 Å². The van der Waals surface area contributed by atoms with Crippen LogP contribution in [0.25, 0.3) is 0 Å². The Morgan fingerprint density at radius 3 is 2.58 bits per heavy atom. The number of nitrogens with two attached hydrogens (primary N) is 1. The summed E-state index contributed by atoms with van der Waals surface area (Å²) in [6.45, 7) is 1.83. The van der Waals surface area contributed by atoms with E-state index in [1.807, 2.05) is 6.92 Å². The highest BCUT2D eigenvalue weighted by Gasteiger charge is 2.16. The van der Waals surface area contributed by atoms with Crippen LogP contribution in [0.5, 0.6) is 0 Å². The third-order valence-electron chi connectivity index (χ3n) is 2.22. The van der Waals surface area contributed by atoms with E-state index in [2.05, 4.69) is 10.1 Å². The smallest absolute Gasteiger partial charge is 0.340 e. The van der Waals surface area contributed by atoms with E-state index in [1.54, 1.807) is 0 Å². The van der Waals surface area contributed by atoms with E-state index in [1.165, 1.54) is 0 Å². The number of nitrogen functional groups attached to an aromatic ring is 1. The Bertz CT molecular complexity index is 492. The largest absolute Gasteiger partial charge is 0.452 e. The molecule has 1 rings (SSSR count). The fourth-order valence-corrected chi connectivity index (χ4v) is 1.26. The zero-order valence-corrected chi connectivity index (χ0v) is 10.3. The number of rotatable bonds is 5. The second-order valence-corrected chi connectivity index (χ2v) is 3.78.